The number of rotatable bonds is 4. The molecular weight excluding hydrogens is 294 g/mol. The average molecular weight is 313 g/mol. The lowest BCUT2D eigenvalue weighted by Gasteiger charge is -2.35. The molecule has 0 aromatic carbocycles. The summed E-state index contributed by atoms with van der Waals surface area (Å²) in [5.41, 5.74) is 0.562. The molecule has 7 nitrogen and oxygen atoms in total. The lowest BCUT2D eigenvalue weighted by molar-refractivity contribution is -0.138. The van der Waals surface area contributed by atoms with Crippen molar-refractivity contribution in [3.8, 4) is 6.07 Å². The molecule has 2 saturated heterocycles. The molecule has 23 heavy (non-hydrogen) atoms. The predicted octanol–water partition coefficient (Wildman–Crippen LogP) is 0.224. The van der Waals surface area contributed by atoms with E-state index < -0.39 is 0 Å². The van der Waals surface area contributed by atoms with Gasteiger partial charge in [0.2, 0.25) is 11.8 Å². The molecule has 1 aromatic rings. The van der Waals surface area contributed by atoms with E-state index in [2.05, 4.69) is 20.9 Å². The predicted molar refractivity (Wildman–Crippen MR) is 83.6 cm³/mol. The van der Waals surface area contributed by atoms with Gasteiger partial charge in [-0.25, -0.2) is 4.98 Å². The Balaban J connectivity index is 1.47. The fourth-order valence-electron chi connectivity index (χ4n) is 2.95. The first-order chi connectivity index (χ1) is 11.2. The van der Waals surface area contributed by atoms with E-state index in [4.69, 9.17) is 5.26 Å². The molecule has 0 atom stereocenters. The zero-order valence-corrected chi connectivity index (χ0v) is 12.9. The molecule has 0 unspecified atom stereocenters. The number of piperazine rings is 1. The van der Waals surface area contributed by atoms with Gasteiger partial charge in [-0.2, -0.15) is 5.26 Å². The summed E-state index contributed by atoms with van der Waals surface area (Å²) >= 11 is 0. The third-order valence-electron chi connectivity index (χ3n) is 4.37. The maximum atomic E-state index is 11.6. The molecule has 3 heterocycles. The van der Waals surface area contributed by atoms with Gasteiger partial charge in [-0.05, 0) is 12.1 Å². The molecule has 3 rings (SSSR count). The van der Waals surface area contributed by atoms with Gasteiger partial charge in [0.1, 0.15) is 11.9 Å². The second-order valence-corrected chi connectivity index (χ2v) is 5.78. The van der Waals surface area contributed by atoms with Crippen molar-refractivity contribution in [3.63, 3.8) is 0 Å². The van der Waals surface area contributed by atoms with Crippen LogP contribution in [-0.4, -0.2) is 65.9 Å². The molecule has 2 aliphatic heterocycles. The third-order valence-corrected chi connectivity index (χ3v) is 4.37. The van der Waals surface area contributed by atoms with E-state index in [1.165, 1.54) is 4.90 Å². The number of nitrogens with zero attached hydrogens (tertiary/aromatic N) is 5. The van der Waals surface area contributed by atoms with Crippen LogP contribution in [0.3, 0.4) is 0 Å². The summed E-state index contributed by atoms with van der Waals surface area (Å²) in [5, 5.41) is 8.80. The molecular formula is C16H19N5O2. The Morgan fingerprint density at radius 1 is 1.04 bits per heavy atom. The Morgan fingerprint density at radius 3 is 2.30 bits per heavy atom. The van der Waals surface area contributed by atoms with E-state index >= 15 is 0 Å². The average Bonchev–Trinajstić information content (AvgIpc) is 2.92. The smallest absolute Gasteiger partial charge is 0.229 e. The van der Waals surface area contributed by atoms with E-state index in [0.29, 0.717) is 24.9 Å². The van der Waals surface area contributed by atoms with Gasteiger partial charge in [0, 0.05) is 58.3 Å². The van der Waals surface area contributed by atoms with Crippen molar-refractivity contribution >= 4 is 17.6 Å². The van der Waals surface area contributed by atoms with Crippen LogP contribution in [0.15, 0.2) is 18.3 Å². The Morgan fingerprint density at radius 2 is 1.74 bits per heavy atom. The first-order valence-electron chi connectivity index (χ1n) is 7.84. The van der Waals surface area contributed by atoms with Gasteiger partial charge in [-0.15, -0.1) is 0 Å². The fourth-order valence-corrected chi connectivity index (χ4v) is 2.95. The highest BCUT2D eigenvalue weighted by Gasteiger charge is 2.29. The van der Waals surface area contributed by atoms with Crippen LogP contribution in [0.4, 0.5) is 5.82 Å². The fraction of sp³-hybridized carbons (Fsp3) is 0.500. The van der Waals surface area contributed by atoms with Crippen LogP contribution in [0.5, 0.6) is 0 Å². The third kappa shape index (κ3) is 3.48. The summed E-state index contributed by atoms with van der Waals surface area (Å²) in [7, 11) is 0. The summed E-state index contributed by atoms with van der Waals surface area (Å²) in [6.07, 6.45) is 2.31. The van der Waals surface area contributed by atoms with Gasteiger partial charge in [0.15, 0.2) is 0 Å². The second-order valence-electron chi connectivity index (χ2n) is 5.78. The lowest BCUT2D eigenvalue weighted by atomic mass is 10.2. The van der Waals surface area contributed by atoms with E-state index in [0.717, 1.165) is 38.5 Å². The molecule has 2 amide bonds. The maximum absolute atomic E-state index is 11.6. The molecule has 0 N–H and O–H groups in total. The number of hydrogen-bond acceptors (Lipinski definition) is 6. The quantitative estimate of drug-likeness (QED) is 0.740. The minimum absolute atomic E-state index is 0.0459. The van der Waals surface area contributed by atoms with Crippen LogP contribution >= 0.6 is 0 Å². The summed E-state index contributed by atoms with van der Waals surface area (Å²) in [5.74, 6) is 0.791. The van der Waals surface area contributed by atoms with E-state index in [1.807, 2.05) is 6.07 Å². The minimum Gasteiger partial charge on any atom is -0.354 e. The topological polar surface area (TPSA) is 80.5 Å². The molecule has 0 spiro atoms. The molecule has 1 aromatic heterocycles. The zero-order valence-electron chi connectivity index (χ0n) is 12.9. The van der Waals surface area contributed by atoms with Gasteiger partial charge in [-0.1, -0.05) is 0 Å². The van der Waals surface area contributed by atoms with Gasteiger partial charge < -0.3 is 4.90 Å². The van der Waals surface area contributed by atoms with Crippen LogP contribution in [0.1, 0.15) is 18.4 Å². The van der Waals surface area contributed by atoms with Crippen molar-refractivity contribution in [2.45, 2.75) is 12.8 Å². The SMILES string of the molecule is N#Cc1ccc(N2CCN(CCN3C(=O)CCC3=O)CC2)nc1. The highest BCUT2D eigenvalue weighted by molar-refractivity contribution is 6.01. The highest BCUT2D eigenvalue weighted by Crippen LogP contribution is 2.15. The molecule has 0 bridgehead atoms. The summed E-state index contributed by atoms with van der Waals surface area (Å²) < 4.78 is 0. The molecule has 7 heteroatoms. The van der Waals surface area contributed by atoms with Crippen LogP contribution < -0.4 is 4.90 Å². The van der Waals surface area contributed by atoms with Crippen LogP contribution in [-0.2, 0) is 9.59 Å². The number of hydrogen-bond donors (Lipinski definition) is 0. The Bertz CT molecular complexity index is 613. The Kier molecular flexibility index (Phi) is 4.53. The van der Waals surface area contributed by atoms with Gasteiger partial charge >= 0.3 is 0 Å². The van der Waals surface area contributed by atoms with E-state index in [9.17, 15) is 9.59 Å². The lowest BCUT2D eigenvalue weighted by Crippen LogP contribution is -2.49. The first kappa shape index (κ1) is 15.4. The molecule has 2 fully saturated rings. The number of imide groups is 1. The van der Waals surface area contributed by atoms with Crippen molar-refractivity contribution in [2.75, 3.05) is 44.2 Å². The van der Waals surface area contributed by atoms with Crippen LogP contribution in [0.25, 0.3) is 0 Å². The standard InChI is InChI=1S/C16H19N5O2/c17-11-13-1-2-14(18-12-13)20-8-5-19(6-9-20)7-10-21-15(22)3-4-16(21)23/h1-2,12H,3-10H2. The zero-order chi connectivity index (χ0) is 16.2. The number of anilines is 1. The van der Waals surface area contributed by atoms with Crippen molar-refractivity contribution in [1.82, 2.24) is 14.8 Å². The molecule has 0 aliphatic carbocycles. The summed E-state index contributed by atoms with van der Waals surface area (Å²) in [6.45, 7) is 4.66. The molecule has 0 radical (unpaired) electrons. The summed E-state index contributed by atoms with van der Waals surface area (Å²) in [4.78, 5) is 33.3. The number of nitriles is 1. The summed E-state index contributed by atoms with van der Waals surface area (Å²) in [6, 6.07) is 5.71. The van der Waals surface area contributed by atoms with Crippen molar-refractivity contribution < 1.29 is 9.59 Å². The van der Waals surface area contributed by atoms with Gasteiger partial charge in [0.05, 0.1) is 5.56 Å². The van der Waals surface area contributed by atoms with E-state index in [1.54, 1.807) is 12.3 Å². The number of likely N-dealkylation sites (tertiary alicyclic amines) is 1. The van der Waals surface area contributed by atoms with Crippen LogP contribution in [0.2, 0.25) is 0 Å². The first-order valence-corrected chi connectivity index (χ1v) is 7.84. The van der Waals surface area contributed by atoms with E-state index in [-0.39, 0.29) is 11.8 Å². The van der Waals surface area contributed by atoms with Crippen molar-refractivity contribution in [2.24, 2.45) is 0 Å². The van der Waals surface area contributed by atoms with Gasteiger partial charge in [-0.3, -0.25) is 19.4 Å². The number of aromatic nitrogens is 1. The van der Waals surface area contributed by atoms with Crippen molar-refractivity contribution in [1.29, 1.82) is 5.26 Å². The largest absolute Gasteiger partial charge is 0.354 e. The number of carbonyl (C=O) groups is 2. The highest BCUT2D eigenvalue weighted by atomic mass is 16.2. The monoisotopic (exact) mass is 313 g/mol. The maximum Gasteiger partial charge on any atom is 0.229 e. The molecule has 0 saturated carbocycles. The Hall–Kier alpha value is -2.46. The molecule has 2 aliphatic rings. The van der Waals surface area contributed by atoms with Crippen LogP contribution in [0, 0.1) is 11.3 Å². The Labute approximate surface area is 135 Å². The van der Waals surface area contributed by atoms with Gasteiger partial charge in [0.25, 0.3) is 0 Å². The number of carbonyl (C=O) groups excluding carboxylic acids is 2. The van der Waals surface area contributed by atoms with Crippen molar-refractivity contribution in [3.05, 3.63) is 23.9 Å². The number of pyridine rings is 1. The number of amides is 2. The molecule has 120 valence electrons. The minimum atomic E-state index is -0.0459. The second kappa shape index (κ2) is 6.75. The normalized spacial score (nSPS) is 19.3.